The lowest BCUT2D eigenvalue weighted by Crippen LogP contribution is -2.00. The molecule has 0 aliphatic carbocycles. The van der Waals surface area contributed by atoms with E-state index < -0.39 is 9.85 Å². The monoisotopic (exact) mass is 636 g/mol. The van der Waals surface area contributed by atoms with Gasteiger partial charge in [-0.3, -0.25) is 20.2 Å². The third-order valence-electron chi connectivity index (χ3n) is 8.44. The number of nitro benzene ring substituents is 2. The number of nitro groups is 2. The summed E-state index contributed by atoms with van der Waals surface area (Å²) in [7, 11) is 0. The van der Waals surface area contributed by atoms with Gasteiger partial charge in [0, 0.05) is 46.8 Å². The summed E-state index contributed by atoms with van der Waals surface area (Å²) in [6.45, 7) is 10.7. The average Bonchev–Trinajstić information content (AvgIpc) is 3.53. The lowest BCUT2D eigenvalue weighted by molar-refractivity contribution is -0.385. The minimum absolute atomic E-state index is 0.0235. The topological polar surface area (TPSA) is 131 Å². The Labute approximate surface area is 274 Å². The fourth-order valence-corrected chi connectivity index (χ4v) is 6.10. The smallest absolute Gasteiger partial charge is 0.269 e. The summed E-state index contributed by atoms with van der Waals surface area (Å²) in [6, 6.07) is 18.9. The Morgan fingerprint density at radius 3 is 1.49 bits per heavy atom. The summed E-state index contributed by atoms with van der Waals surface area (Å²) >= 11 is 0. The molecule has 0 radical (unpaired) electrons. The van der Waals surface area contributed by atoms with Crippen LogP contribution < -0.4 is 4.74 Å². The summed E-state index contributed by atoms with van der Waals surface area (Å²) in [4.78, 5) is 21.6. The van der Waals surface area contributed by atoms with Crippen LogP contribution in [0.5, 0.6) is 5.75 Å². The van der Waals surface area contributed by atoms with Crippen LogP contribution in [0.3, 0.4) is 0 Å². The van der Waals surface area contributed by atoms with Crippen molar-refractivity contribution in [2.75, 3.05) is 6.61 Å². The second kappa shape index (κ2) is 14.4. The third-order valence-corrected chi connectivity index (χ3v) is 8.44. The van der Waals surface area contributed by atoms with Crippen LogP contribution in [0, 0.1) is 47.9 Å². The normalized spacial score (nSPS) is 11.2. The lowest BCUT2D eigenvalue weighted by atomic mass is 9.96. The second-order valence-corrected chi connectivity index (χ2v) is 11.8. The van der Waals surface area contributed by atoms with Gasteiger partial charge in [-0.2, -0.15) is 10.2 Å². The highest BCUT2D eigenvalue weighted by molar-refractivity contribution is 5.79. The molecule has 3 aromatic carbocycles. The molecule has 0 atom stereocenters. The van der Waals surface area contributed by atoms with Gasteiger partial charge in [0.1, 0.15) is 5.75 Å². The number of aromatic nitrogens is 4. The van der Waals surface area contributed by atoms with Gasteiger partial charge in [0.15, 0.2) is 0 Å². The van der Waals surface area contributed by atoms with Gasteiger partial charge < -0.3 is 4.74 Å². The van der Waals surface area contributed by atoms with Gasteiger partial charge in [-0.1, -0.05) is 39.0 Å². The van der Waals surface area contributed by atoms with E-state index in [1.54, 1.807) is 33.6 Å². The highest BCUT2D eigenvalue weighted by Crippen LogP contribution is 2.38. The third kappa shape index (κ3) is 7.24. The number of hydrogen-bond acceptors (Lipinski definition) is 7. The Balaban J connectivity index is 1.54. The van der Waals surface area contributed by atoms with Crippen molar-refractivity contribution in [2.24, 2.45) is 0 Å². The first-order chi connectivity index (χ1) is 22.6. The maximum Gasteiger partial charge on any atom is 0.269 e. The van der Waals surface area contributed by atoms with Gasteiger partial charge in [0.25, 0.3) is 11.4 Å². The Morgan fingerprint density at radius 1 is 0.638 bits per heavy atom. The first-order valence-corrected chi connectivity index (χ1v) is 16.0. The Morgan fingerprint density at radius 2 is 1.06 bits per heavy atom. The highest BCUT2D eigenvalue weighted by Gasteiger charge is 2.21. The zero-order valence-electron chi connectivity index (χ0n) is 27.5. The predicted octanol–water partition coefficient (Wildman–Crippen LogP) is 9.18. The number of non-ortho nitro benzene ring substituents is 2. The van der Waals surface area contributed by atoms with Gasteiger partial charge >= 0.3 is 0 Å². The number of hydrogen-bond donors (Lipinski definition) is 0. The molecule has 0 fully saturated rings. The van der Waals surface area contributed by atoms with Crippen LogP contribution in [0.4, 0.5) is 11.4 Å². The number of nitrogens with zero attached hydrogens (tertiary/aromatic N) is 6. The Hall–Kier alpha value is -5.32. The fraction of sp³-hybridized carbons (Fsp3) is 0.333. The van der Waals surface area contributed by atoms with Gasteiger partial charge in [-0.05, 0) is 87.7 Å². The number of ether oxygens (including phenoxy) is 1. The molecule has 0 saturated carbocycles. The minimum Gasteiger partial charge on any atom is -0.494 e. The molecule has 5 rings (SSSR count). The SMILES string of the molecule is CCCCCCCCOc1cc(-c2c(C)nn(-c3ccc([N+](=O)[O-])cc3)c2C)cc(-c2c(C)nn(-c3ccc([N+](=O)[O-])cc3)c2C)c1. The van der Waals surface area contributed by atoms with Crippen molar-refractivity contribution < 1.29 is 14.6 Å². The van der Waals surface area contributed by atoms with E-state index in [0.29, 0.717) is 6.61 Å². The molecule has 0 aliphatic rings. The van der Waals surface area contributed by atoms with E-state index in [2.05, 4.69) is 13.0 Å². The lowest BCUT2D eigenvalue weighted by Gasteiger charge is -2.13. The second-order valence-electron chi connectivity index (χ2n) is 11.8. The molecule has 5 aromatic rings. The standard InChI is InChI=1S/C36H40N6O5/c1-6-7-8-9-10-11-20-47-34-22-28(35-24(2)37-39(26(35)4)30-12-16-32(17-13-30)41(43)44)21-29(23-34)36-25(3)38-40(27(36)5)31-14-18-33(19-15-31)42(45)46/h12-19,21-23H,6-11,20H2,1-5H3. The van der Waals surface area contributed by atoms with E-state index in [0.717, 1.165) is 75.0 Å². The molecule has 0 saturated heterocycles. The Bertz CT molecular complexity index is 1760. The summed E-state index contributed by atoms with van der Waals surface area (Å²) < 4.78 is 9.98. The van der Waals surface area contributed by atoms with E-state index in [1.807, 2.05) is 39.8 Å². The van der Waals surface area contributed by atoms with Gasteiger partial charge in [-0.25, -0.2) is 9.36 Å². The number of aryl methyl sites for hydroxylation is 2. The number of benzene rings is 3. The summed E-state index contributed by atoms with van der Waals surface area (Å²) in [6.07, 6.45) is 6.99. The van der Waals surface area contributed by atoms with Crippen LogP contribution in [-0.4, -0.2) is 36.0 Å². The van der Waals surface area contributed by atoms with E-state index in [-0.39, 0.29) is 11.4 Å². The zero-order valence-corrected chi connectivity index (χ0v) is 27.5. The number of rotatable bonds is 14. The van der Waals surface area contributed by atoms with Gasteiger partial charge in [0.05, 0.1) is 39.2 Å². The van der Waals surface area contributed by atoms with Crippen molar-refractivity contribution >= 4 is 11.4 Å². The quantitative estimate of drug-likeness (QED) is 0.0674. The molecule has 0 aliphatic heterocycles. The Kier molecular flexibility index (Phi) is 10.1. The van der Waals surface area contributed by atoms with Crippen molar-refractivity contribution in [3.05, 3.63) is 110 Å². The molecule has 244 valence electrons. The molecule has 2 aromatic heterocycles. The maximum absolute atomic E-state index is 11.2. The molecule has 0 unspecified atom stereocenters. The highest BCUT2D eigenvalue weighted by atomic mass is 16.6. The molecule has 2 heterocycles. The first-order valence-electron chi connectivity index (χ1n) is 16.0. The van der Waals surface area contributed by atoms with E-state index in [9.17, 15) is 20.2 Å². The molecule has 0 spiro atoms. The molecule has 0 N–H and O–H groups in total. The van der Waals surface area contributed by atoms with Gasteiger partial charge in [0.2, 0.25) is 0 Å². The first kappa shape index (κ1) is 33.1. The van der Waals surface area contributed by atoms with Crippen molar-refractivity contribution in [3.8, 4) is 39.4 Å². The molecule has 47 heavy (non-hydrogen) atoms. The molecule has 0 amide bonds. The van der Waals surface area contributed by atoms with Crippen molar-refractivity contribution in [1.29, 1.82) is 0 Å². The van der Waals surface area contributed by atoms with E-state index >= 15 is 0 Å². The van der Waals surface area contributed by atoms with Crippen molar-refractivity contribution in [3.63, 3.8) is 0 Å². The molecule has 11 nitrogen and oxygen atoms in total. The molecular weight excluding hydrogens is 596 g/mol. The van der Waals surface area contributed by atoms with Crippen LogP contribution in [-0.2, 0) is 0 Å². The fourth-order valence-electron chi connectivity index (χ4n) is 6.10. The molecule has 0 bridgehead atoms. The maximum atomic E-state index is 11.2. The van der Waals surface area contributed by atoms with Crippen molar-refractivity contribution in [2.45, 2.75) is 73.1 Å². The van der Waals surface area contributed by atoms with E-state index in [1.165, 1.54) is 49.9 Å². The summed E-state index contributed by atoms with van der Waals surface area (Å²) in [5.41, 5.74) is 8.70. The zero-order chi connectivity index (χ0) is 33.7. The van der Waals surface area contributed by atoms with Crippen LogP contribution in [0.25, 0.3) is 33.6 Å². The van der Waals surface area contributed by atoms with Crippen LogP contribution >= 0.6 is 0 Å². The van der Waals surface area contributed by atoms with Crippen LogP contribution in [0.15, 0.2) is 66.7 Å². The van der Waals surface area contributed by atoms with Gasteiger partial charge in [-0.15, -0.1) is 0 Å². The minimum atomic E-state index is -0.414. The van der Waals surface area contributed by atoms with Crippen molar-refractivity contribution in [1.82, 2.24) is 19.6 Å². The molecular formula is C36H40N6O5. The van der Waals surface area contributed by atoms with Crippen LogP contribution in [0.2, 0.25) is 0 Å². The number of unbranched alkanes of at least 4 members (excludes halogenated alkanes) is 5. The summed E-state index contributed by atoms with van der Waals surface area (Å²) in [5, 5.41) is 32.0. The summed E-state index contributed by atoms with van der Waals surface area (Å²) in [5.74, 6) is 0.745. The average molecular weight is 637 g/mol. The van der Waals surface area contributed by atoms with Crippen LogP contribution in [0.1, 0.15) is 68.2 Å². The van der Waals surface area contributed by atoms with E-state index in [4.69, 9.17) is 14.9 Å². The largest absolute Gasteiger partial charge is 0.494 e. The molecule has 11 heteroatoms. The predicted molar refractivity (Wildman–Crippen MR) is 183 cm³/mol.